The fourth-order valence-electron chi connectivity index (χ4n) is 1.83. The summed E-state index contributed by atoms with van der Waals surface area (Å²) in [7, 11) is 1.76. The summed E-state index contributed by atoms with van der Waals surface area (Å²) < 4.78 is 15.0. The summed E-state index contributed by atoms with van der Waals surface area (Å²) in [5.41, 5.74) is 1.40. The van der Waals surface area contributed by atoms with Gasteiger partial charge in [0.05, 0.1) is 28.6 Å². The molecule has 2 aromatic rings. The Kier molecular flexibility index (Phi) is 4.83. The maximum atomic E-state index is 13.4. The summed E-state index contributed by atoms with van der Waals surface area (Å²) in [5.74, 6) is -0.107. The number of nitrogens with zero attached hydrogens (tertiary/aromatic N) is 2. The molecule has 0 spiro atoms. The number of Topliss-reactive ketones (excluding diaryl/α,β-unsaturated/α-hetero) is 1. The zero-order chi connectivity index (χ0) is 14.7. The van der Waals surface area contributed by atoms with Crippen LogP contribution in [-0.2, 0) is 18.3 Å². The second kappa shape index (κ2) is 6.41. The van der Waals surface area contributed by atoms with Gasteiger partial charge in [-0.1, -0.05) is 23.7 Å². The normalized spacial score (nSPS) is 10.8. The quantitative estimate of drug-likeness (QED) is 0.793. The zero-order valence-corrected chi connectivity index (χ0v) is 12.8. The van der Waals surface area contributed by atoms with E-state index in [1.54, 1.807) is 36.9 Å². The van der Waals surface area contributed by atoms with Gasteiger partial charge < -0.3 is 0 Å². The summed E-state index contributed by atoms with van der Waals surface area (Å²) in [6, 6.07) is 6.42. The number of ketones is 1. The summed E-state index contributed by atoms with van der Waals surface area (Å²) in [6.45, 7) is 1.80. The van der Waals surface area contributed by atoms with Gasteiger partial charge in [-0.3, -0.25) is 9.48 Å². The van der Waals surface area contributed by atoms with Crippen LogP contribution in [0.15, 0.2) is 29.2 Å². The molecule has 1 heterocycles. The first-order valence-corrected chi connectivity index (χ1v) is 7.42. The van der Waals surface area contributed by atoms with E-state index in [0.29, 0.717) is 21.3 Å². The number of carbonyl (C=O) groups excluding carboxylic acids is 1. The lowest BCUT2D eigenvalue weighted by molar-refractivity contribution is -0.116. The van der Waals surface area contributed by atoms with Crippen molar-refractivity contribution in [1.29, 1.82) is 0 Å². The van der Waals surface area contributed by atoms with E-state index in [0.717, 1.165) is 0 Å². The smallest absolute Gasteiger partial charge is 0.149 e. The molecule has 1 aromatic carbocycles. The highest BCUT2D eigenvalue weighted by molar-refractivity contribution is 8.00. The van der Waals surface area contributed by atoms with Crippen LogP contribution in [0.1, 0.15) is 11.4 Å². The fourth-order valence-corrected chi connectivity index (χ4v) is 2.86. The molecule has 0 bridgehead atoms. The van der Waals surface area contributed by atoms with Crippen molar-refractivity contribution in [3.8, 4) is 0 Å². The first kappa shape index (κ1) is 15.1. The van der Waals surface area contributed by atoms with Gasteiger partial charge in [-0.15, -0.1) is 11.8 Å². The Hall–Kier alpha value is -1.33. The number of halogens is 2. The van der Waals surface area contributed by atoms with E-state index in [4.69, 9.17) is 11.6 Å². The number of aryl methyl sites for hydroxylation is 2. The van der Waals surface area contributed by atoms with Crippen LogP contribution in [0.5, 0.6) is 0 Å². The maximum absolute atomic E-state index is 13.4. The molecule has 0 saturated heterocycles. The number of aromatic nitrogens is 2. The van der Waals surface area contributed by atoms with E-state index < -0.39 is 0 Å². The van der Waals surface area contributed by atoms with Crippen molar-refractivity contribution in [3.63, 3.8) is 0 Å². The predicted octanol–water partition coefficient (Wildman–Crippen LogP) is 3.42. The van der Waals surface area contributed by atoms with E-state index >= 15 is 0 Å². The topological polar surface area (TPSA) is 34.9 Å². The molecule has 0 N–H and O–H groups in total. The Labute approximate surface area is 126 Å². The van der Waals surface area contributed by atoms with Gasteiger partial charge in [0, 0.05) is 11.9 Å². The summed E-state index contributed by atoms with van der Waals surface area (Å²) >= 11 is 7.29. The van der Waals surface area contributed by atoms with Crippen molar-refractivity contribution < 1.29 is 9.18 Å². The van der Waals surface area contributed by atoms with E-state index in [-0.39, 0.29) is 23.8 Å². The third kappa shape index (κ3) is 3.41. The van der Waals surface area contributed by atoms with E-state index in [1.807, 2.05) is 0 Å². The van der Waals surface area contributed by atoms with Crippen molar-refractivity contribution in [1.82, 2.24) is 9.78 Å². The highest BCUT2D eigenvalue weighted by Gasteiger charge is 2.15. The standard InChI is InChI=1S/C14H14ClFN2OS/c1-9-14(15)12(18(2)17-9)7-10(19)8-20-13-6-4-3-5-11(13)16/h3-6H,7-8H2,1-2H3. The lowest BCUT2D eigenvalue weighted by Crippen LogP contribution is -2.10. The van der Waals surface area contributed by atoms with Crippen LogP contribution in [0.3, 0.4) is 0 Å². The maximum Gasteiger partial charge on any atom is 0.149 e. The largest absolute Gasteiger partial charge is 0.298 e. The highest BCUT2D eigenvalue weighted by atomic mass is 35.5. The minimum Gasteiger partial charge on any atom is -0.298 e. The van der Waals surface area contributed by atoms with Crippen molar-refractivity contribution in [2.24, 2.45) is 7.05 Å². The van der Waals surface area contributed by atoms with Crippen LogP contribution in [-0.4, -0.2) is 21.3 Å². The van der Waals surface area contributed by atoms with Gasteiger partial charge in [-0.2, -0.15) is 5.10 Å². The lowest BCUT2D eigenvalue weighted by Gasteiger charge is -2.04. The van der Waals surface area contributed by atoms with Crippen LogP contribution >= 0.6 is 23.4 Å². The van der Waals surface area contributed by atoms with Gasteiger partial charge in [0.2, 0.25) is 0 Å². The van der Waals surface area contributed by atoms with Gasteiger partial charge in [-0.25, -0.2) is 4.39 Å². The molecule has 0 radical (unpaired) electrons. The molecule has 3 nitrogen and oxygen atoms in total. The fraction of sp³-hybridized carbons (Fsp3) is 0.286. The average molecular weight is 313 g/mol. The molecular formula is C14H14ClFN2OS. The molecule has 0 aliphatic carbocycles. The van der Waals surface area contributed by atoms with Crippen molar-refractivity contribution in [2.75, 3.05) is 5.75 Å². The van der Waals surface area contributed by atoms with E-state index in [1.165, 1.54) is 17.8 Å². The molecule has 0 fully saturated rings. The van der Waals surface area contributed by atoms with Crippen molar-refractivity contribution >= 4 is 29.1 Å². The zero-order valence-electron chi connectivity index (χ0n) is 11.2. The first-order chi connectivity index (χ1) is 9.49. The Morgan fingerprint density at radius 2 is 2.15 bits per heavy atom. The Balaban J connectivity index is 1.98. The second-order valence-corrected chi connectivity index (χ2v) is 5.80. The van der Waals surface area contributed by atoms with Crippen molar-refractivity contribution in [3.05, 3.63) is 46.5 Å². The number of rotatable bonds is 5. The summed E-state index contributed by atoms with van der Waals surface area (Å²) in [4.78, 5) is 12.4. The van der Waals surface area contributed by atoms with Gasteiger partial charge in [0.25, 0.3) is 0 Å². The Morgan fingerprint density at radius 1 is 1.45 bits per heavy atom. The molecule has 0 unspecified atom stereocenters. The van der Waals surface area contributed by atoms with Crippen LogP contribution < -0.4 is 0 Å². The van der Waals surface area contributed by atoms with E-state index in [2.05, 4.69) is 5.10 Å². The average Bonchev–Trinajstić information content (AvgIpc) is 2.64. The Bertz CT molecular complexity index is 642. The molecule has 20 heavy (non-hydrogen) atoms. The second-order valence-electron chi connectivity index (χ2n) is 4.40. The predicted molar refractivity (Wildman–Crippen MR) is 78.8 cm³/mol. The monoisotopic (exact) mass is 312 g/mol. The molecular weight excluding hydrogens is 299 g/mol. The first-order valence-electron chi connectivity index (χ1n) is 6.06. The van der Waals surface area contributed by atoms with E-state index in [9.17, 15) is 9.18 Å². The van der Waals surface area contributed by atoms with Gasteiger partial charge >= 0.3 is 0 Å². The third-order valence-corrected chi connectivity index (χ3v) is 4.45. The third-order valence-electron chi connectivity index (χ3n) is 2.85. The van der Waals surface area contributed by atoms with Gasteiger partial charge in [-0.05, 0) is 19.1 Å². The Morgan fingerprint density at radius 3 is 2.75 bits per heavy atom. The molecule has 0 aliphatic rings. The van der Waals surface area contributed by atoms with Crippen LogP contribution in [0.4, 0.5) is 4.39 Å². The molecule has 1 aromatic heterocycles. The molecule has 0 saturated carbocycles. The number of thioether (sulfide) groups is 1. The molecule has 0 atom stereocenters. The number of benzene rings is 1. The number of hydrogen-bond acceptors (Lipinski definition) is 3. The van der Waals surface area contributed by atoms with Crippen molar-refractivity contribution in [2.45, 2.75) is 18.2 Å². The van der Waals surface area contributed by atoms with Gasteiger partial charge in [0.1, 0.15) is 11.6 Å². The molecule has 106 valence electrons. The summed E-state index contributed by atoms with van der Waals surface area (Å²) in [6.07, 6.45) is 0.206. The van der Waals surface area contributed by atoms with Crippen LogP contribution in [0, 0.1) is 12.7 Å². The van der Waals surface area contributed by atoms with Gasteiger partial charge in [0.15, 0.2) is 0 Å². The summed E-state index contributed by atoms with van der Waals surface area (Å²) in [5, 5.41) is 4.69. The molecule has 2 rings (SSSR count). The highest BCUT2D eigenvalue weighted by Crippen LogP contribution is 2.23. The SMILES string of the molecule is Cc1nn(C)c(CC(=O)CSc2ccccc2F)c1Cl. The minimum absolute atomic E-state index is 0.0110. The lowest BCUT2D eigenvalue weighted by atomic mass is 10.2. The van der Waals surface area contributed by atoms with Crippen LogP contribution in [0.25, 0.3) is 0 Å². The number of carbonyl (C=O) groups is 1. The molecule has 6 heteroatoms. The molecule has 0 aliphatic heterocycles. The van der Waals surface area contributed by atoms with Crippen LogP contribution in [0.2, 0.25) is 5.02 Å². The minimum atomic E-state index is -0.306. The molecule has 0 amide bonds. The number of hydrogen-bond donors (Lipinski definition) is 0.